The second kappa shape index (κ2) is 4.72. The predicted octanol–water partition coefficient (Wildman–Crippen LogP) is 2.46. The Balaban J connectivity index is 2.11. The first-order valence-electron chi connectivity index (χ1n) is 5.41. The first kappa shape index (κ1) is 11.9. The van der Waals surface area contributed by atoms with Gasteiger partial charge in [-0.2, -0.15) is 0 Å². The molecule has 5 heteroatoms. The maximum Gasteiger partial charge on any atom is 0.265 e. The summed E-state index contributed by atoms with van der Waals surface area (Å²) in [6.45, 7) is 5.44. The van der Waals surface area contributed by atoms with Crippen LogP contribution in [0, 0.1) is 19.8 Å². The number of amides is 1. The van der Waals surface area contributed by atoms with E-state index in [1.54, 1.807) is 0 Å². The lowest BCUT2D eigenvalue weighted by Crippen LogP contribution is -2.28. The standard InChI is InChI=1S/C11H15ClN2OS/c1-7-10(16-8(2)13-7)11(15)14-4-3-9(5-12)6-14/h9H,3-6H2,1-2H3. The zero-order valence-electron chi connectivity index (χ0n) is 9.49. The Bertz CT molecular complexity index is 405. The second-order valence-corrected chi connectivity index (χ2v) is 5.72. The van der Waals surface area contributed by atoms with Gasteiger partial charge in [0.25, 0.3) is 5.91 Å². The van der Waals surface area contributed by atoms with Gasteiger partial charge in [0.15, 0.2) is 0 Å². The molecule has 1 saturated heterocycles. The van der Waals surface area contributed by atoms with Gasteiger partial charge in [-0.15, -0.1) is 22.9 Å². The Morgan fingerprint density at radius 2 is 2.38 bits per heavy atom. The van der Waals surface area contributed by atoms with Crippen molar-refractivity contribution in [1.82, 2.24) is 9.88 Å². The van der Waals surface area contributed by atoms with Crippen LogP contribution in [0.2, 0.25) is 0 Å². The van der Waals surface area contributed by atoms with Gasteiger partial charge < -0.3 is 4.90 Å². The Hall–Kier alpha value is -0.610. The van der Waals surface area contributed by atoms with E-state index in [-0.39, 0.29) is 5.91 Å². The SMILES string of the molecule is Cc1nc(C)c(C(=O)N2CCC(CCl)C2)s1. The Kier molecular flexibility index (Phi) is 3.50. The van der Waals surface area contributed by atoms with Crippen molar-refractivity contribution < 1.29 is 4.79 Å². The number of halogens is 1. The average Bonchev–Trinajstić information content (AvgIpc) is 2.84. The molecule has 88 valence electrons. The number of hydrogen-bond donors (Lipinski definition) is 0. The van der Waals surface area contributed by atoms with Crippen molar-refractivity contribution >= 4 is 28.8 Å². The third-order valence-corrected chi connectivity index (χ3v) is 4.39. The second-order valence-electron chi connectivity index (χ2n) is 4.21. The minimum Gasteiger partial charge on any atom is -0.338 e. The molecule has 1 aliphatic rings. The summed E-state index contributed by atoms with van der Waals surface area (Å²) in [5.74, 6) is 1.22. The van der Waals surface area contributed by atoms with Crippen molar-refractivity contribution in [3.05, 3.63) is 15.6 Å². The van der Waals surface area contributed by atoms with E-state index in [9.17, 15) is 4.79 Å². The molecule has 0 aliphatic carbocycles. The summed E-state index contributed by atoms with van der Waals surface area (Å²) in [4.78, 5) is 19.2. The zero-order chi connectivity index (χ0) is 11.7. The van der Waals surface area contributed by atoms with Gasteiger partial charge in [-0.05, 0) is 26.2 Å². The monoisotopic (exact) mass is 258 g/mol. The molecule has 1 aromatic rings. The van der Waals surface area contributed by atoms with Crippen molar-refractivity contribution in [2.45, 2.75) is 20.3 Å². The smallest absolute Gasteiger partial charge is 0.265 e. The third-order valence-electron chi connectivity index (χ3n) is 2.89. The highest BCUT2D eigenvalue weighted by molar-refractivity contribution is 7.13. The first-order chi connectivity index (χ1) is 7.61. The summed E-state index contributed by atoms with van der Waals surface area (Å²) in [6.07, 6.45) is 1.02. The molecule has 1 aliphatic heterocycles. The van der Waals surface area contributed by atoms with E-state index in [0.29, 0.717) is 11.8 Å². The molecule has 2 heterocycles. The number of carbonyl (C=O) groups excluding carboxylic acids is 1. The summed E-state index contributed by atoms with van der Waals surface area (Å²) < 4.78 is 0. The molecule has 3 nitrogen and oxygen atoms in total. The maximum atomic E-state index is 12.2. The molecule has 0 aromatic carbocycles. The molecule has 1 atom stereocenters. The molecule has 0 saturated carbocycles. The van der Waals surface area contributed by atoms with E-state index in [1.807, 2.05) is 18.7 Å². The highest BCUT2D eigenvalue weighted by Gasteiger charge is 2.28. The average molecular weight is 259 g/mol. The number of hydrogen-bond acceptors (Lipinski definition) is 3. The minimum atomic E-state index is 0.121. The van der Waals surface area contributed by atoms with Gasteiger partial charge in [0.2, 0.25) is 0 Å². The quantitative estimate of drug-likeness (QED) is 0.764. The molecular weight excluding hydrogens is 244 g/mol. The number of alkyl halides is 1. The molecule has 0 spiro atoms. The molecule has 2 rings (SSSR count). The number of aromatic nitrogens is 1. The van der Waals surface area contributed by atoms with Crippen molar-refractivity contribution in [3.8, 4) is 0 Å². The van der Waals surface area contributed by atoms with Gasteiger partial charge in [0.05, 0.1) is 10.7 Å². The number of nitrogens with zero attached hydrogens (tertiary/aromatic N) is 2. The lowest BCUT2D eigenvalue weighted by atomic mass is 10.2. The molecule has 1 aromatic heterocycles. The van der Waals surface area contributed by atoms with Crippen LogP contribution in [0.15, 0.2) is 0 Å². The molecule has 16 heavy (non-hydrogen) atoms. The molecule has 1 fully saturated rings. The summed E-state index contributed by atoms with van der Waals surface area (Å²) in [6, 6.07) is 0. The highest BCUT2D eigenvalue weighted by Crippen LogP contribution is 2.24. The van der Waals surface area contributed by atoms with E-state index in [2.05, 4.69) is 4.98 Å². The van der Waals surface area contributed by atoms with E-state index >= 15 is 0 Å². The molecule has 0 bridgehead atoms. The largest absolute Gasteiger partial charge is 0.338 e. The van der Waals surface area contributed by atoms with Crippen LogP contribution < -0.4 is 0 Å². The van der Waals surface area contributed by atoms with Crippen LogP contribution in [-0.2, 0) is 0 Å². The summed E-state index contributed by atoms with van der Waals surface area (Å²) >= 11 is 7.29. The van der Waals surface area contributed by atoms with E-state index < -0.39 is 0 Å². The molecule has 0 N–H and O–H groups in total. The third kappa shape index (κ3) is 2.23. The maximum absolute atomic E-state index is 12.2. The zero-order valence-corrected chi connectivity index (χ0v) is 11.1. The van der Waals surface area contributed by atoms with E-state index in [0.717, 1.165) is 35.1 Å². The van der Waals surface area contributed by atoms with Gasteiger partial charge in [0, 0.05) is 19.0 Å². The number of aryl methyl sites for hydroxylation is 2. The minimum absolute atomic E-state index is 0.121. The van der Waals surface area contributed by atoms with Crippen LogP contribution >= 0.6 is 22.9 Å². The van der Waals surface area contributed by atoms with Gasteiger partial charge >= 0.3 is 0 Å². The fraction of sp³-hybridized carbons (Fsp3) is 0.636. The van der Waals surface area contributed by atoms with Crippen molar-refractivity contribution in [1.29, 1.82) is 0 Å². The van der Waals surface area contributed by atoms with Crippen LogP contribution in [0.4, 0.5) is 0 Å². The van der Waals surface area contributed by atoms with E-state index in [1.165, 1.54) is 11.3 Å². The van der Waals surface area contributed by atoms with E-state index in [4.69, 9.17) is 11.6 Å². The Morgan fingerprint density at radius 1 is 1.62 bits per heavy atom. The van der Waals surface area contributed by atoms with Crippen LogP contribution in [0.5, 0.6) is 0 Å². The van der Waals surface area contributed by atoms with Gasteiger partial charge in [-0.25, -0.2) is 4.98 Å². The Labute approximate surface area is 104 Å². The molecule has 1 amide bonds. The molecule has 1 unspecified atom stereocenters. The van der Waals surface area contributed by atoms with Crippen LogP contribution in [0.3, 0.4) is 0 Å². The summed E-state index contributed by atoms with van der Waals surface area (Å²) in [7, 11) is 0. The number of carbonyl (C=O) groups is 1. The highest BCUT2D eigenvalue weighted by atomic mass is 35.5. The normalized spacial score (nSPS) is 20.4. The topological polar surface area (TPSA) is 33.2 Å². The lowest BCUT2D eigenvalue weighted by molar-refractivity contribution is 0.0792. The van der Waals surface area contributed by atoms with Gasteiger partial charge in [0.1, 0.15) is 4.88 Å². The lowest BCUT2D eigenvalue weighted by Gasteiger charge is -2.15. The Morgan fingerprint density at radius 3 is 2.88 bits per heavy atom. The summed E-state index contributed by atoms with van der Waals surface area (Å²) in [5.41, 5.74) is 0.849. The molecule has 0 radical (unpaired) electrons. The van der Waals surface area contributed by atoms with Gasteiger partial charge in [-0.1, -0.05) is 0 Å². The van der Waals surface area contributed by atoms with Crippen molar-refractivity contribution in [3.63, 3.8) is 0 Å². The van der Waals surface area contributed by atoms with Gasteiger partial charge in [-0.3, -0.25) is 4.79 Å². The fourth-order valence-corrected chi connectivity index (χ4v) is 3.16. The predicted molar refractivity (Wildman–Crippen MR) is 66.3 cm³/mol. The number of likely N-dealkylation sites (tertiary alicyclic amines) is 1. The number of rotatable bonds is 2. The van der Waals surface area contributed by atoms with Crippen LogP contribution in [-0.4, -0.2) is 34.8 Å². The van der Waals surface area contributed by atoms with Crippen LogP contribution in [0.1, 0.15) is 26.8 Å². The summed E-state index contributed by atoms with van der Waals surface area (Å²) in [5, 5.41) is 0.953. The molecular formula is C11H15ClN2OS. The van der Waals surface area contributed by atoms with Crippen LogP contribution in [0.25, 0.3) is 0 Å². The number of thiazole rings is 1. The fourth-order valence-electron chi connectivity index (χ4n) is 2.02. The first-order valence-corrected chi connectivity index (χ1v) is 6.76. The van der Waals surface area contributed by atoms with Crippen molar-refractivity contribution in [2.24, 2.45) is 5.92 Å². The van der Waals surface area contributed by atoms with Crippen molar-refractivity contribution in [2.75, 3.05) is 19.0 Å².